The zero-order valence-corrected chi connectivity index (χ0v) is 15.5. The minimum absolute atomic E-state index is 0.0547. The van der Waals surface area contributed by atoms with Gasteiger partial charge in [0, 0.05) is 16.1 Å². The monoisotopic (exact) mass is 378 g/mol. The molecule has 136 valence electrons. The normalized spacial score (nSPS) is 15.6. The van der Waals surface area contributed by atoms with E-state index in [1.54, 1.807) is 23.0 Å². The van der Waals surface area contributed by atoms with Crippen LogP contribution in [0.2, 0.25) is 0 Å². The van der Waals surface area contributed by atoms with Crippen molar-refractivity contribution in [2.75, 3.05) is 0 Å². The Balaban J connectivity index is 1.90. The van der Waals surface area contributed by atoms with Crippen LogP contribution in [0.15, 0.2) is 56.7 Å². The molecule has 27 heavy (non-hydrogen) atoms. The van der Waals surface area contributed by atoms with Crippen LogP contribution < -0.4 is 11.0 Å². The molecule has 0 saturated heterocycles. The standard InChI is InChI=1S/C21H18N2O3S/c24-18-14-9-4-5-11-16(14)27-20-17(18)21(25)23(13-7-2-1-3-8-13)19(22-20)15-10-6-12-26-15/h4-6,9-13H,1-3,7-8H2. The maximum atomic E-state index is 13.5. The predicted octanol–water partition coefficient (Wildman–Crippen LogP) is 4.74. The molecule has 4 aromatic rings. The quantitative estimate of drug-likeness (QED) is 0.473. The van der Waals surface area contributed by atoms with E-state index in [9.17, 15) is 9.59 Å². The molecule has 0 aliphatic heterocycles. The van der Waals surface area contributed by atoms with E-state index >= 15 is 0 Å². The van der Waals surface area contributed by atoms with E-state index in [1.807, 2.05) is 24.3 Å². The van der Waals surface area contributed by atoms with Gasteiger partial charge in [0.1, 0.15) is 10.2 Å². The fourth-order valence-electron chi connectivity index (χ4n) is 4.02. The van der Waals surface area contributed by atoms with Crippen molar-refractivity contribution in [2.24, 2.45) is 0 Å². The second-order valence-electron chi connectivity index (χ2n) is 6.99. The van der Waals surface area contributed by atoms with Crippen molar-refractivity contribution in [1.82, 2.24) is 9.55 Å². The molecule has 5 nitrogen and oxygen atoms in total. The molecule has 6 heteroatoms. The third-order valence-corrected chi connectivity index (χ3v) is 6.39. The van der Waals surface area contributed by atoms with E-state index in [1.165, 1.54) is 17.8 Å². The molecule has 1 fully saturated rings. The molecule has 0 amide bonds. The van der Waals surface area contributed by atoms with Crippen LogP contribution in [-0.2, 0) is 0 Å². The van der Waals surface area contributed by atoms with Gasteiger partial charge in [0.15, 0.2) is 11.6 Å². The van der Waals surface area contributed by atoms with Crippen molar-refractivity contribution in [3.63, 3.8) is 0 Å². The van der Waals surface area contributed by atoms with E-state index in [0.717, 1.165) is 30.4 Å². The number of hydrogen-bond acceptors (Lipinski definition) is 5. The van der Waals surface area contributed by atoms with Crippen molar-refractivity contribution in [3.05, 3.63) is 63.2 Å². The van der Waals surface area contributed by atoms with Crippen LogP contribution >= 0.6 is 11.3 Å². The smallest absolute Gasteiger partial charge is 0.266 e. The lowest BCUT2D eigenvalue weighted by molar-refractivity contribution is 0.346. The highest BCUT2D eigenvalue weighted by molar-refractivity contribution is 7.24. The van der Waals surface area contributed by atoms with E-state index < -0.39 is 0 Å². The molecular weight excluding hydrogens is 360 g/mol. The summed E-state index contributed by atoms with van der Waals surface area (Å²) >= 11 is 1.38. The molecule has 1 aromatic carbocycles. The molecule has 0 unspecified atom stereocenters. The number of aromatic nitrogens is 2. The first-order valence-electron chi connectivity index (χ1n) is 9.26. The predicted molar refractivity (Wildman–Crippen MR) is 107 cm³/mol. The van der Waals surface area contributed by atoms with Gasteiger partial charge in [0.05, 0.1) is 6.26 Å². The average molecular weight is 378 g/mol. The number of nitrogens with zero attached hydrogens (tertiary/aromatic N) is 2. The Kier molecular flexibility index (Phi) is 3.93. The number of furan rings is 1. The fourth-order valence-corrected chi connectivity index (χ4v) is 5.06. The molecule has 0 atom stereocenters. The van der Waals surface area contributed by atoms with E-state index in [4.69, 9.17) is 9.40 Å². The lowest BCUT2D eigenvalue weighted by atomic mass is 9.95. The summed E-state index contributed by atoms with van der Waals surface area (Å²) in [6.45, 7) is 0. The maximum absolute atomic E-state index is 13.5. The van der Waals surface area contributed by atoms with Gasteiger partial charge in [0.2, 0.25) is 5.43 Å². The van der Waals surface area contributed by atoms with Crippen LogP contribution in [-0.4, -0.2) is 9.55 Å². The topological polar surface area (TPSA) is 65.1 Å². The number of fused-ring (bicyclic) bond motifs is 2. The van der Waals surface area contributed by atoms with Crippen molar-refractivity contribution in [1.29, 1.82) is 0 Å². The Labute approximate surface area is 158 Å². The first-order chi connectivity index (χ1) is 13.2. The molecule has 0 N–H and O–H groups in total. The van der Waals surface area contributed by atoms with Crippen LogP contribution in [0.1, 0.15) is 38.1 Å². The minimum Gasteiger partial charge on any atom is -0.461 e. The van der Waals surface area contributed by atoms with Gasteiger partial charge in [-0.15, -0.1) is 11.3 Å². The molecule has 1 aliphatic carbocycles. The van der Waals surface area contributed by atoms with Crippen molar-refractivity contribution in [2.45, 2.75) is 38.1 Å². The molecule has 3 aromatic heterocycles. The van der Waals surface area contributed by atoms with Gasteiger partial charge in [-0.1, -0.05) is 31.4 Å². The highest BCUT2D eigenvalue weighted by atomic mass is 32.1. The molecule has 1 aliphatic rings. The summed E-state index contributed by atoms with van der Waals surface area (Å²) in [6.07, 6.45) is 6.77. The van der Waals surface area contributed by atoms with Crippen molar-refractivity contribution in [3.8, 4) is 11.6 Å². The molecule has 0 spiro atoms. The second-order valence-corrected chi connectivity index (χ2v) is 8.02. The van der Waals surface area contributed by atoms with Crippen LogP contribution in [0.5, 0.6) is 0 Å². The summed E-state index contributed by atoms with van der Waals surface area (Å²) in [5.41, 5.74) is -0.474. The summed E-state index contributed by atoms with van der Waals surface area (Å²) < 4.78 is 8.12. The van der Waals surface area contributed by atoms with Gasteiger partial charge < -0.3 is 4.42 Å². The zero-order chi connectivity index (χ0) is 18.4. The Hall–Kier alpha value is -2.73. The summed E-state index contributed by atoms with van der Waals surface area (Å²) in [7, 11) is 0. The molecule has 5 rings (SSSR count). The van der Waals surface area contributed by atoms with Gasteiger partial charge in [-0.2, -0.15) is 0 Å². The van der Waals surface area contributed by atoms with E-state index in [-0.39, 0.29) is 22.4 Å². The van der Waals surface area contributed by atoms with E-state index in [2.05, 4.69) is 0 Å². The second kappa shape index (κ2) is 6.46. The molecule has 1 saturated carbocycles. The number of hydrogen-bond donors (Lipinski definition) is 0. The van der Waals surface area contributed by atoms with Gasteiger partial charge in [-0.05, 0) is 37.1 Å². The Morgan fingerprint density at radius 1 is 1.04 bits per heavy atom. The summed E-state index contributed by atoms with van der Waals surface area (Å²) in [5.74, 6) is 1.09. The highest BCUT2D eigenvalue weighted by Gasteiger charge is 2.25. The molecule has 0 radical (unpaired) electrons. The maximum Gasteiger partial charge on any atom is 0.266 e. The first kappa shape index (κ1) is 16.4. The minimum atomic E-state index is -0.245. The van der Waals surface area contributed by atoms with Crippen LogP contribution in [0, 0.1) is 0 Å². The molecule has 0 bridgehead atoms. The lowest BCUT2D eigenvalue weighted by Gasteiger charge is -2.25. The molecular formula is C21H18N2O3S. The molecule has 3 heterocycles. The average Bonchev–Trinajstić information content (AvgIpc) is 3.23. The van der Waals surface area contributed by atoms with Crippen LogP contribution in [0.4, 0.5) is 0 Å². The summed E-state index contributed by atoms with van der Waals surface area (Å²) in [4.78, 5) is 31.8. The van der Waals surface area contributed by atoms with Gasteiger partial charge in [-0.3, -0.25) is 14.2 Å². The summed E-state index contributed by atoms with van der Waals surface area (Å²) in [5, 5.41) is 0.773. The van der Waals surface area contributed by atoms with Crippen molar-refractivity contribution < 1.29 is 4.42 Å². The van der Waals surface area contributed by atoms with Crippen molar-refractivity contribution >= 4 is 31.6 Å². The fraction of sp³-hybridized carbons (Fsp3) is 0.286. The Bertz CT molecular complexity index is 1250. The summed E-state index contributed by atoms with van der Waals surface area (Å²) in [6, 6.07) is 11.0. The lowest BCUT2D eigenvalue weighted by Crippen LogP contribution is -2.31. The van der Waals surface area contributed by atoms with Gasteiger partial charge in [0.25, 0.3) is 5.56 Å². The van der Waals surface area contributed by atoms with Gasteiger partial charge >= 0.3 is 0 Å². The third-order valence-electron chi connectivity index (χ3n) is 5.33. The van der Waals surface area contributed by atoms with Crippen LogP contribution in [0.3, 0.4) is 0 Å². The van der Waals surface area contributed by atoms with Crippen LogP contribution in [0.25, 0.3) is 31.9 Å². The Morgan fingerprint density at radius 3 is 2.63 bits per heavy atom. The number of rotatable bonds is 2. The van der Waals surface area contributed by atoms with E-state index in [0.29, 0.717) is 21.8 Å². The highest BCUT2D eigenvalue weighted by Crippen LogP contribution is 2.32. The largest absolute Gasteiger partial charge is 0.461 e. The Morgan fingerprint density at radius 2 is 1.85 bits per heavy atom. The number of benzene rings is 1. The third kappa shape index (κ3) is 2.63. The SMILES string of the molecule is O=c1c2ccccc2sc2nc(-c3ccco3)n(C3CCCCC3)c(=O)c12. The zero-order valence-electron chi connectivity index (χ0n) is 14.7. The first-order valence-corrected chi connectivity index (χ1v) is 10.1. The van der Waals surface area contributed by atoms with Gasteiger partial charge in [-0.25, -0.2) is 4.98 Å².